The first-order chi connectivity index (χ1) is 8.67. The summed E-state index contributed by atoms with van der Waals surface area (Å²) in [7, 11) is 3.06. The third kappa shape index (κ3) is 2.94. The molecule has 0 aliphatic heterocycles. The fourth-order valence-corrected chi connectivity index (χ4v) is 1.43. The number of benzene rings is 1. The summed E-state index contributed by atoms with van der Waals surface area (Å²) in [5.74, 6) is 1.51. The van der Waals surface area contributed by atoms with E-state index in [2.05, 4.69) is 11.7 Å². The highest BCUT2D eigenvalue weighted by Gasteiger charge is 2.15. The van der Waals surface area contributed by atoms with Gasteiger partial charge in [0.05, 0.1) is 19.9 Å². The Morgan fingerprint density at radius 2 is 1.89 bits per heavy atom. The lowest BCUT2D eigenvalue weighted by Gasteiger charge is -2.15. The molecule has 0 atom stereocenters. The highest BCUT2D eigenvalue weighted by Crippen LogP contribution is 2.38. The monoisotopic (exact) mass is 251 g/mol. The third-order valence-corrected chi connectivity index (χ3v) is 2.37. The van der Waals surface area contributed by atoms with Crippen molar-refractivity contribution in [1.29, 1.82) is 0 Å². The van der Waals surface area contributed by atoms with Crippen molar-refractivity contribution in [2.24, 2.45) is 5.16 Å². The fourth-order valence-electron chi connectivity index (χ4n) is 1.43. The number of hydrogen-bond acceptors (Lipinski definition) is 5. The second kappa shape index (κ2) is 6.54. The molecule has 0 saturated carbocycles. The SMILES string of the molecule is C=CCOc1c(OC)cc(C(C)=NO)cc1OC. The van der Waals surface area contributed by atoms with Gasteiger partial charge in [0.25, 0.3) is 0 Å². The van der Waals surface area contributed by atoms with Crippen molar-refractivity contribution >= 4 is 5.71 Å². The van der Waals surface area contributed by atoms with Crippen LogP contribution < -0.4 is 14.2 Å². The summed E-state index contributed by atoms with van der Waals surface area (Å²) in [5, 5.41) is 11.9. The Morgan fingerprint density at radius 3 is 2.28 bits per heavy atom. The maximum atomic E-state index is 8.79. The van der Waals surface area contributed by atoms with Crippen LogP contribution in [0.2, 0.25) is 0 Å². The van der Waals surface area contributed by atoms with Crippen molar-refractivity contribution < 1.29 is 19.4 Å². The number of methoxy groups -OCH3 is 2. The molecule has 0 aromatic heterocycles. The summed E-state index contributed by atoms with van der Waals surface area (Å²) in [5.41, 5.74) is 1.15. The Kier molecular flexibility index (Phi) is 5.05. The van der Waals surface area contributed by atoms with Gasteiger partial charge in [-0.05, 0) is 19.1 Å². The molecule has 0 amide bonds. The number of hydrogen-bond donors (Lipinski definition) is 1. The first-order valence-electron chi connectivity index (χ1n) is 5.36. The molecule has 1 aromatic rings. The normalized spacial score (nSPS) is 10.9. The van der Waals surface area contributed by atoms with E-state index in [4.69, 9.17) is 19.4 Å². The Morgan fingerprint density at radius 1 is 1.33 bits per heavy atom. The van der Waals surface area contributed by atoms with Crippen LogP contribution in [0.25, 0.3) is 0 Å². The zero-order valence-electron chi connectivity index (χ0n) is 10.8. The quantitative estimate of drug-likeness (QED) is 0.365. The topological polar surface area (TPSA) is 60.3 Å². The van der Waals surface area contributed by atoms with E-state index >= 15 is 0 Å². The van der Waals surface area contributed by atoms with Crippen LogP contribution in [-0.4, -0.2) is 31.7 Å². The maximum absolute atomic E-state index is 8.79. The zero-order valence-corrected chi connectivity index (χ0v) is 10.8. The second-order valence-electron chi connectivity index (χ2n) is 3.49. The van der Waals surface area contributed by atoms with E-state index < -0.39 is 0 Å². The van der Waals surface area contributed by atoms with Crippen molar-refractivity contribution in [3.63, 3.8) is 0 Å². The summed E-state index contributed by atoms with van der Waals surface area (Å²) in [4.78, 5) is 0. The van der Waals surface area contributed by atoms with Gasteiger partial charge >= 0.3 is 0 Å². The van der Waals surface area contributed by atoms with Gasteiger partial charge in [-0.2, -0.15) is 0 Å². The van der Waals surface area contributed by atoms with E-state index in [0.717, 1.165) is 0 Å². The average molecular weight is 251 g/mol. The van der Waals surface area contributed by atoms with E-state index in [-0.39, 0.29) is 0 Å². The Hall–Kier alpha value is -2.17. The summed E-state index contributed by atoms with van der Waals surface area (Å²) >= 11 is 0. The predicted molar refractivity (Wildman–Crippen MR) is 69.2 cm³/mol. The minimum Gasteiger partial charge on any atom is -0.493 e. The molecule has 0 bridgehead atoms. The molecule has 1 aromatic carbocycles. The highest BCUT2D eigenvalue weighted by molar-refractivity contribution is 5.99. The van der Waals surface area contributed by atoms with Gasteiger partial charge in [0.15, 0.2) is 11.5 Å². The molecule has 0 heterocycles. The third-order valence-electron chi connectivity index (χ3n) is 2.37. The molecule has 0 aliphatic carbocycles. The van der Waals surface area contributed by atoms with Crippen molar-refractivity contribution in [2.45, 2.75) is 6.92 Å². The zero-order chi connectivity index (χ0) is 13.5. The van der Waals surface area contributed by atoms with Gasteiger partial charge in [-0.25, -0.2) is 0 Å². The second-order valence-corrected chi connectivity index (χ2v) is 3.49. The lowest BCUT2D eigenvalue weighted by Crippen LogP contribution is -2.02. The number of rotatable bonds is 6. The van der Waals surface area contributed by atoms with E-state index in [1.54, 1.807) is 25.1 Å². The van der Waals surface area contributed by atoms with Gasteiger partial charge in [-0.1, -0.05) is 17.8 Å². The predicted octanol–water partition coefficient (Wildman–Crippen LogP) is 2.47. The van der Waals surface area contributed by atoms with Crippen LogP contribution in [0, 0.1) is 0 Å². The lowest BCUT2D eigenvalue weighted by atomic mass is 10.1. The number of oxime groups is 1. The molecular weight excluding hydrogens is 234 g/mol. The molecule has 0 aliphatic rings. The summed E-state index contributed by atoms with van der Waals surface area (Å²) < 4.78 is 16.0. The van der Waals surface area contributed by atoms with Crippen LogP contribution >= 0.6 is 0 Å². The van der Waals surface area contributed by atoms with Crippen molar-refractivity contribution in [3.05, 3.63) is 30.4 Å². The summed E-state index contributed by atoms with van der Waals surface area (Å²) in [6.45, 7) is 5.61. The molecule has 0 unspecified atom stereocenters. The van der Waals surface area contributed by atoms with Crippen LogP contribution in [0.1, 0.15) is 12.5 Å². The van der Waals surface area contributed by atoms with Gasteiger partial charge in [-0.15, -0.1) is 0 Å². The van der Waals surface area contributed by atoms with Crippen LogP contribution in [0.15, 0.2) is 29.9 Å². The van der Waals surface area contributed by atoms with Crippen LogP contribution in [0.4, 0.5) is 0 Å². The molecule has 5 nitrogen and oxygen atoms in total. The van der Waals surface area contributed by atoms with E-state index in [0.29, 0.717) is 35.1 Å². The molecule has 0 fully saturated rings. The van der Waals surface area contributed by atoms with Gasteiger partial charge in [-0.3, -0.25) is 0 Å². The minimum absolute atomic E-state index is 0.346. The fraction of sp³-hybridized carbons (Fsp3) is 0.308. The average Bonchev–Trinajstić information content (AvgIpc) is 2.43. The summed E-state index contributed by atoms with van der Waals surface area (Å²) in [6, 6.07) is 3.44. The van der Waals surface area contributed by atoms with Crippen molar-refractivity contribution in [1.82, 2.24) is 0 Å². The van der Waals surface area contributed by atoms with Crippen molar-refractivity contribution in [3.8, 4) is 17.2 Å². The molecular formula is C13H17NO4. The van der Waals surface area contributed by atoms with Crippen LogP contribution in [0.3, 0.4) is 0 Å². The van der Waals surface area contributed by atoms with Gasteiger partial charge in [0.2, 0.25) is 5.75 Å². The number of ether oxygens (including phenoxy) is 3. The highest BCUT2D eigenvalue weighted by atomic mass is 16.5. The van der Waals surface area contributed by atoms with Gasteiger partial charge in [0, 0.05) is 5.56 Å². The first kappa shape index (κ1) is 13.9. The molecule has 0 saturated heterocycles. The summed E-state index contributed by atoms with van der Waals surface area (Å²) in [6.07, 6.45) is 1.63. The molecule has 0 spiro atoms. The standard InChI is InChI=1S/C13H17NO4/c1-5-6-18-13-11(16-3)7-10(9(2)14-15)8-12(13)17-4/h5,7-8,15H,1,6H2,2-4H3. The molecule has 18 heavy (non-hydrogen) atoms. The Bertz CT molecular complexity index is 429. The van der Waals surface area contributed by atoms with Gasteiger partial charge in [0.1, 0.15) is 6.61 Å². The largest absolute Gasteiger partial charge is 0.493 e. The Balaban J connectivity index is 3.29. The number of nitrogens with zero attached hydrogens (tertiary/aromatic N) is 1. The van der Waals surface area contributed by atoms with Crippen LogP contribution in [0.5, 0.6) is 17.2 Å². The molecule has 5 heteroatoms. The lowest BCUT2D eigenvalue weighted by molar-refractivity contribution is 0.300. The van der Waals surface area contributed by atoms with Crippen molar-refractivity contribution in [2.75, 3.05) is 20.8 Å². The molecule has 0 radical (unpaired) electrons. The van der Waals surface area contributed by atoms with E-state index in [1.165, 1.54) is 14.2 Å². The Labute approximate surface area is 106 Å². The van der Waals surface area contributed by atoms with Gasteiger partial charge < -0.3 is 19.4 Å². The molecule has 98 valence electrons. The minimum atomic E-state index is 0.346. The molecule has 1 N–H and O–H groups in total. The maximum Gasteiger partial charge on any atom is 0.203 e. The molecule has 1 rings (SSSR count). The first-order valence-corrected chi connectivity index (χ1v) is 5.36. The van der Waals surface area contributed by atoms with E-state index in [9.17, 15) is 0 Å². The van der Waals surface area contributed by atoms with Crippen LogP contribution in [-0.2, 0) is 0 Å². The smallest absolute Gasteiger partial charge is 0.203 e. The van der Waals surface area contributed by atoms with E-state index in [1.807, 2.05) is 0 Å².